The van der Waals surface area contributed by atoms with E-state index in [0.717, 1.165) is 46.8 Å². The third-order valence-corrected chi connectivity index (χ3v) is 24.1. The fourth-order valence-electron chi connectivity index (χ4n) is 13.2. The van der Waals surface area contributed by atoms with Crippen LogP contribution < -0.4 is 0 Å². The average Bonchev–Trinajstić information content (AvgIpc) is 2.51. The highest BCUT2D eigenvalue weighted by atomic mass is 32.1. The molecule has 472 valence electrons. The van der Waals surface area contributed by atoms with Gasteiger partial charge in [0.25, 0.3) is 11.8 Å². The Kier molecular flexibility index (Phi) is 32.0. The SMILES string of the molecule is CCCCCCCCCCCCC(CCCCCCCCCC)CN1C(=O)C2=C(c3ccc(C(C)(C)C)s3)N(CC(CCCCCCCCCC)CCCCCCCCCCCC)C(=O)C2=C1c1ccc(-c2cc3sc(C(C)(C)C)cc3s2)s1. The third-order valence-electron chi connectivity index (χ3n) is 18.5. The Balaban J connectivity index is 1.35. The van der Waals surface area contributed by atoms with Gasteiger partial charge in [0.1, 0.15) is 0 Å². The van der Waals surface area contributed by atoms with Crippen LogP contribution in [0.2, 0.25) is 0 Å². The van der Waals surface area contributed by atoms with Crippen molar-refractivity contribution in [1.82, 2.24) is 9.80 Å². The highest BCUT2D eigenvalue weighted by Crippen LogP contribution is 2.52. The predicted octanol–water partition coefficient (Wildman–Crippen LogP) is 26.1. The number of hydrogen-bond donors (Lipinski definition) is 0. The van der Waals surface area contributed by atoms with Crippen LogP contribution in [0.5, 0.6) is 0 Å². The summed E-state index contributed by atoms with van der Waals surface area (Å²) in [6, 6.07) is 13.9. The zero-order valence-corrected chi connectivity index (χ0v) is 58.9. The Hall–Kier alpha value is -2.52. The van der Waals surface area contributed by atoms with Gasteiger partial charge in [0, 0.05) is 42.0 Å². The highest BCUT2D eigenvalue weighted by Gasteiger charge is 2.50. The van der Waals surface area contributed by atoms with Gasteiger partial charge in [-0.3, -0.25) is 9.59 Å². The molecule has 2 amide bonds. The number of amides is 2. The van der Waals surface area contributed by atoms with E-state index in [-0.39, 0.29) is 22.6 Å². The van der Waals surface area contributed by atoms with Crippen LogP contribution in [0.15, 0.2) is 47.5 Å². The smallest absolute Gasteiger partial charge is 0.261 e. The second-order valence-corrected chi connectivity index (χ2v) is 32.6. The molecule has 0 aromatic carbocycles. The molecule has 4 nitrogen and oxygen atoms in total. The van der Waals surface area contributed by atoms with Gasteiger partial charge >= 0.3 is 0 Å². The van der Waals surface area contributed by atoms with E-state index in [1.54, 1.807) is 11.3 Å². The van der Waals surface area contributed by atoms with Gasteiger partial charge in [-0.15, -0.1) is 45.3 Å². The van der Waals surface area contributed by atoms with Crippen LogP contribution in [0.25, 0.3) is 30.5 Å². The van der Waals surface area contributed by atoms with E-state index in [1.165, 1.54) is 260 Å². The lowest BCUT2D eigenvalue weighted by atomic mass is 9.93. The standard InChI is InChI=1S/C76H122N2O2S4/c1-11-15-19-23-27-31-33-37-41-45-48-59(47-43-39-35-29-25-21-17-13-3)57-77-71(62-52-51-61(81-62)64-55-65-66(82-64)56-68(84-65)76(8,9)10)69-70(74(77)80)72(63-53-54-67(83-63)75(5,6)7)78(73(69)79)58-60(49-44-40-36-30-26-22-18-14-4)50-46-42-38-34-32-28-24-20-16-12-2/h51-56,59-60H,11-50,57-58H2,1-10H3. The quantitative estimate of drug-likeness (QED) is 0.0414. The van der Waals surface area contributed by atoms with Crippen LogP contribution in [0, 0.1) is 11.8 Å². The van der Waals surface area contributed by atoms with Crippen LogP contribution >= 0.6 is 45.3 Å². The third kappa shape index (κ3) is 22.5. The van der Waals surface area contributed by atoms with Gasteiger partial charge in [-0.1, -0.05) is 300 Å². The fraction of sp³-hybridized carbons (Fsp3) is 0.737. The van der Waals surface area contributed by atoms with Crippen molar-refractivity contribution >= 4 is 78.0 Å². The Labute approximate surface area is 532 Å². The molecular formula is C76H122N2O2S4. The summed E-state index contributed by atoms with van der Waals surface area (Å²) in [4.78, 5) is 44.0. The van der Waals surface area contributed by atoms with E-state index in [2.05, 4.69) is 115 Å². The van der Waals surface area contributed by atoms with Crippen molar-refractivity contribution in [2.75, 3.05) is 13.1 Å². The first-order valence-corrected chi connectivity index (χ1v) is 38.8. The van der Waals surface area contributed by atoms with Crippen LogP contribution in [0.3, 0.4) is 0 Å². The summed E-state index contributed by atoms with van der Waals surface area (Å²) < 4.78 is 2.71. The van der Waals surface area contributed by atoms with E-state index < -0.39 is 0 Å². The lowest BCUT2D eigenvalue weighted by Crippen LogP contribution is -2.34. The molecule has 6 rings (SSSR count). The zero-order chi connectivity index (χ0) is 60.2. The lowest BCUT2D eigenvalue weighted by molar-refractivity contribution is -0.124. The number of carbonyl (C=O) groups is 2. The Morgan fingerprint density at radius 1 is 0.333 bits per heavy atom. The molecule has 6 heterocycles. The van der Waals surface area contributed by atoms with E-state index in [0.29, 0.717) is 36.1 Å². The molecule has 0 spiro atoms. The normalized spacial score (nSPS) is 14.9. The molecule has 0 fully saturated rings. The summed E-state index contributed by atoms with van der Waals surface area (Å²) >= 11 is 7.43. The van der Waals surface area contributed by atoms with Crippen molar-refractivity contribution in [2.45, 2.75) is 337 Å². The molecule has 0 saturated carbocycles. The summed E-state index contributed by atoms with van der Waals surface area (Å²) in [6.45, 7) is 24.4. The Morgan fingerprint density at radius 2 is 0.643 bits per heavy atom. The maximum atomic E-state index is 16.2. The topological polar surface area (TPSA) is 40.6 Å². The molecule has 84 heavy (non-hydrogen) atoms. The minimum Gasteiger partial charge on any atom is -0.306 e. The van der Waals surface area contributed by atoms with E-state index >= 15 is 9.59 Å². The minimum absolute atomic E-state index is 0.0406. The molecule has 4 aromatic heterocycles. The lowest BCUT2D eigenvalue weighted by Gasteiger charge is -2.29. The monoisotopic (exact) mass is 1220 g/mol. The summed E-state index contributed by atoms with van der Waals surface area (Å²) in [5.74, 6) is 0.915. The fourth-order valence-corrected chi connectivity index (χ4v) is 17.9. The van der Waals surface area contributed by atoms with Crippen LogP contribution in [0.4, 0.5) is 0 Å². The van der Waals surface area contributed by atoms with Gasteiger partial charge in [-0.05, 0) is 84.7 Å². The molecule has 8 heteroatoms. The van der Waals surface area contributed by atoms with Crippen LogP contribution in [-0.2, 0) is 20.4 Å². The molecule has 2 aliphatic heterocycles. The van der Waals surface area contributed by atoms with Gasteiger partial charge in [0.05, 0.1) is 32.3 Å². The highest BCUT2D eigenvalue weighted by molar-refractivity contribution is 7.31. The zero-order valence-electron chi connectivity index (χ0n) is 55.7. The molecule has 2 atom stereocenters. The van der Waals surface area contributed by atoms with E-state index in [4.69, 9.17) is 0 Å². The molecule has 4 aromatic rings. The molecule has 0 saturated heterocycles. The molecule has 2 unspecified atom stereocenters. The summed E-state index contributed by atoms with van der Waals surface area (Å²) in [7, 11) is 0. The number of rotatable bonds is 47. The first-order chi connectivity index (χ1) is 40.7. The molecule has 2 aliphatic rings. The van der Waals surface area contributed by atoms with Crippen LogP contribution in [-0.4, -0.2) is 34.7 Å². The number of thiophene rings is 4. The van der Waals surface area contributed by atoms with Gasteiger partial charge < -0.3 is 9.80 Å². The number of fused-ring (bicyclic) bond motifs is 2. The second-order valence-electron chi connectivity index (χ2n) is 28.3. The maximum Gasteiger partial charge on any atom is 0.261 e. The van der Waals surface area contributed by atoms with Gasteiger partial charge in [0.15, 0.2) is 0 Å². The van der Waals surface area contributed by atoms with E-state index in [1.807, 2.05) is 34.0 Å². The second kappa shape index (κ2) is 38.1. The first-order valence-electron chi connectivity index (χ1n) is 35.6. The van der Waals surface area contributed by atoms with Crippen molar-refractivity contribution in [3.05, 3.63) is 67.1 Å². The first kappa shape index (κ1) is 70.6. The van der Waals surface area contributed by atoms with Gasteiger partial charge in [-0.25, -0.2) is 0 Å². The number of carbonyl (C=O) groups excluding carboxylic acids is 2. The van der Waals surface area contributed by atoms with Crippen molar-refractivity contribution in [2.24, 2.45) is 11.8 Å². The average molecular weight is 1220 g/mol. The van der Waals surface area contributed by atoms with Crippen molar-refractivity contribution in [3.63, 3.8) is 0 Å². The Bertz CT molecular complexity index is 2520. The maximum absolute atomic E-state index is 16.2. The molecule has 0 aliphatic carbocycles. The molecule has 0 bridgehead atoms. The Morgan fingerprint density at radius 3 is 0.976 bits per heavy atom. The number of nitrogens with zero attached hydrogens (tertiary/aromatic N) is 2. The van der Waals surface area contributed by atoms with Crippen LogP contribution in [0.1, 0.15) is 346 Å². The van der Waals surface area contributed by atoms with Gasteiger partial charge in [0.2, 0.25) is 0 Å². The molecular weight excluding hydrogens is 1100 g/mol. The van der Waals surface area contributed by atoms with Crippen molar-refractivity contribution < 1.29 is 9.59 Å². The largest absolute Gasteiger partial charge is 0.306 e. The number of hydrogen-bond acceptors (Lipinski definition) is 6. The molecule has 0 radical (unpaired) electrons. The van der Waals surface area contributed by atoms with Crippen molar-refractivity contribution in [3.8, 4) is 9.75 Å². The summed E-state index contributed by atoms with van der Waals surface area (Å²) in [6.07, 6.45) is 52.1. The van der Waals surface area contributed by atoms with Crippen molar-refractivity contribution in [1.29, 1.82) is 0 Å². The summed E-state index contributed by atoms with van der Waals surface area (Å²) in [5.41, 5.74) is 3.26. The summed E-state index contributed by atoms with van der Waals surface area (Å²) in [5, 5.41) is 0. The van der Waals surface area contributed by atoms with Gasteiger partial charge in [-0.2, -0.15) is 0 Å². The molecule has 0 N–H and O–H groups in total. The van der Waals surface area contributed by atoms with E-state index in [9.17, 15) is 0 Å². The number of unbranched alkanes of at least 4 members (excludes halogenated alkanes) is 32. The minimum atomic E-state index is -0.0406. The predicted molar refractivity (Wildman–Crippen MR) is 376 cm³/mol.